The van der Waals surface area contributed by atoms with Crippen molar-refractivity contribution in [1.29, 1.82) is 0 Å². The number of nitrogens with zero attached hydrogens (tertiary/aromatic N) is 4. The molecule has 1 amide bonds. The Morgan fingerprint density at radius 3 is 2.52 bits per heavy atom. The highest BCUT2D eigenvalue weighted by atomic mass is 16.5. The number of pyridine rings is 1. The summed E-state index contributed by atoms with van der Waals surface area (Å²) in [7, 11) is 0. The van der Waals surface area contributed by atoms with Gasteiger partial charge in [0.2, 0.25) is 5.95 Å². The quantitative estimate of drug-likeness (QED) is 0.668. The van der Waals surface area contributed by atoms with Crippen LogP contribution in [0, 0.1) is 0 Å². The van der Waals surface area contributed by atoms with Gasteiger partial charge >= 0.3 is 0 Å². The van der Waals surface area contributed by atoms with Crippen LogP contribution in [0.2, 0.25) is 0 Å². The predicted octanol–water partition coefficient (Wildman–Crippen LogP) is 2.38. The van der Waals surface area contributed by atoms with Crippen molar-refractivity contribution in [3.8, 4) is 0 Å². The summed E-state index contributed by atoms with van der Waals surface area (Å²) >= 11 is 0. The van der Waals surface area contributed by atoms with Gasteiger partial charge in [-0.15, -0.1) is 0 Å². The first kappa shape index (κ1) is 18.8. The number of anilines is 3. The van der Waals surface area contributed by atoms with Crippen molar-refractivity contribution in [3.63, 3.8) is 0 Å². The van der Waals surface area contributed by atoms with Crippen molar-refractivity contribution in [2.75, 3.05) is 36.5 Å². The molecule has 0 aliphatic carbocycles. The van der Waals surface area contributed by atoms with Crippen LogP contribution in [0.4, 0.5) is 17.3 Å². The van der Waals surface area contributed by atoms with Crippen LogP contribution in [0.15, 0.2) is 61.2 Å². The standard InChI is InChI=1S/C21H22N6O2/c28-20(23-13-16-5-7-22-8-6-16)17-14-24-21(25-15-17)26-18-3-1-2-4-19(18)27-9-11-29-12-10-27/h1-8,14-15H,9-13H2,(H,23,28)(H,24,25,26). The molecule has 148 valence electrons. The maximum atomic E-state index is 12.3. The zero-order valence-electron chi connectivity index (χ0n) is 15.9. The highest BCUT2D eigenvalue weighted by Crippen LogP contribution is 2.28. The van der Waals surface area contributed by atoms with Crippen LogP contribution in [-0.4, -0.2) is 47.2 Å². The number of amides is 1. The van der Waals surface area contributed by atoms with Crippen molar-refractivity contribution < 1.29 is 9.53 Å². The molecule has 1 aliphatic heterocycles. The van der Waals surface area contributed by atoms with E-state index in [-0.39, 0.29) is 5.91 Å². The summed E-state index contributed by atoms with van der Waals surface area (Å²) in [6.07, 6.45) is 6.43. The Hall–Kier alpha value is -3.52. The zero-order valence-corrected chi connectivity index (χ0v) is 15.9. The number of hydrogen-bond acceptors (Lipinski definition) is 7. The Balaban J connectivity index is 1.40. The molecule has 1 saturated heterocycles. The minimum absolute atomic E-state index is 0.220. The van der Waals surface area contributed by atoms with E-state index in [0.29, 0.717) is 31.3 Å². The highest BCUT2D eigenvalue weighted by molar-refractivity contribution is 5.93. The minimum atomic E-state index is -0.220. The second kappa shape index (κ2) is 9.11. The van der Waals surface area contributed by atoms with E-state index in [1.54, 1.807) is 12.4 Å². The van der Waals surface area contributed by atoms with Gasteiger partial charge in [-0.25, -0.2) is 9.97 Å². The normalized spacial score (nSPS) is 13.7. The van der Waals surface area contributed by atoms with E-state index in [1.165, 1.54) is 12.4 Å². The topological polar surface area (TPSA) is 92.3 Å². The number of nitrogens with one attached hydrogen (secondary N) is 2. The fourth-order valence-electron chi connectivity index (χ4n) is 3.07. The van der Waals surface area contributed by atoms with Crippen molar-refractivity contribution in [2.24, 2.45) is 0 Å². The summed E-state index contributed by atoms with van der Waals surface area (Å²) in [5, 5.41) is 6.10. The minimum Gasteiger partial charge on any atom is -0.378 e. The molecule has 3 heterocycles. The Labute approximate surface area is 169 Å². The van der Waals surface area contributed by atoms with E-state index in [9.17, 15) is 4.79 Å². The summed E-state index contributed by atoms with van der Waals surface area (Å²) in [6.45, 7) is 3.54. The molecule has 0 radical (unpaired) electrons. The number of rotatable bonds is 6. The second-order valence-electron chi connectivity index (χ2n) is 6.58. The molecular weight excluding hydrogens is 368 g/mol. The lowest BCUT2D eigenvalue weighted by Crippen LogP contribution is -2.36. The maximum absolute atomic E-state index is 12.3. The van der Waals surface area contributed by atoms with E-state index in [4.69, 9.17) is 4.74 Å². The molecule has 2 N–H and O–H groups in total. The molecule has 8 nitrogen and oxygen atoms in total. The molecular formula is C21H22N6O2. The van der Waals surface area contributed by atoms with E-state index in [0.717, 1.165) is 30.0 Å². The number of carbonyl (C=O) groups is 1. The Kier molecular flexibility index (Phi) is 5.92. The van der Waals surface area contributed by atoms with E-state index >= 15 is 0 Å². The molecule has 0 spiro atoms. The Morgan fingerprint density at radius 1 is 1.03 bits per heavy atom. The maximum Gasteiger partial charge on any atom is 0.254 e. The van der Waals surface area contributed by atoms with Gasteiger partial charge in [-0.3, -0.25) is 9.78 Å². The second-order valence-corrected chi connectivity index (χ2v) is 6.58. The monoisotopic (exact) mass is 390 g/mol. The van der Waals surface area contributed by atoms with Gasteiger partial charge in [0.05, 0.1) is 30.2 Å². The number of ether oxygens (including phenoxy) is 1. The number of aromatic nitrogens is 3. The summed E-state index contributed by atoms with van der Waals surface area (Å²) in [5.74, 6) is 0.221. The van der Waals surface area contributed by atoms with Gasteiger partial charge in [0, 0.05) is 44.4 Å². The summed E-state index contributed by atoms with van der Waals surface area (Å²) < 4.78 is 5.44. The van der Waals surface area contributed by atoms with Gasteiger partial charge in [-0.2, -0.15) is 0 Å². The van der Waals surface area contributed by atoms with Gasteiger partial charge in [0.25, 0.3) is 5.91 Å². The highest BCUT2D eigenvalue weighted by Gasteiger charge is 2.15. The average molecular weight is 390 g/mol. The lowest BCUT2D eigenvalue weighted by Gasteiger charge is -2.30. The molecule has 29 heavy (non-hydrogen) atoms. The fourth-order valence-corrected chi connectivity index (χ4v) is 3.07. The largest absolute Gasteiger partial charge is 0.378 e. The number of carbonyl (C=O) groups excluding carboxylic acids is 1. The Bertz CT molecular complexity index is 943. The molecule has 0 saturated carbocycles. The Morgan fingerprint density at radius 2 is 1.76 bits per heavy atom. The van der Waals surface area contributed by atoms with Crippen LogP contribution in [0.25, 0.3) is 0 Å². The first-order valence-corrected chi connectivity index (χ1v) is 9.47. The SMILES string of the molecule is O=C(NCc1ccncc1)c1cnc(Nc2ccccc2N2CCOCC2)nc1. The zero-order chi connectivity index (χ0) is 19.9. The van der Waals surface area contributed by atoms with Crippen LogP contribution >= 0.6 is 0 Å². The molecule has 2 aromatic heterocycles. The number of para-hydroxylation sites is 2. The number of hydrogen-bond donors (Lipinski definition) is 2. The first-order valence-electron chi connectivity index (χ1n) is 9.47. The van der Waals surface area contributed by atoms with Crippen molar-refractivity contribution >= 4 is 23.2 Å². The molecule has 1 aliphatic rings. The number of morpholine rings is 1. The van der Waals surface area contributed by atoms with Crippen molar-refractivity contribution in [1.82, 2.24) is 20.3 Å². The van der Waals surface area contributed by atoms with Crippen LogP contribution < -0.4 is 15.5 Å². The average Bonchev–Trinajstić information content (AvgIpc) is 2.80. The molecule has 1 aromatic carbocycles. The molecule has 3 aromatic rings. The van der Waals surface area contributed by atoms with Gasteiger partial charge in [-0.1, -0.05) is 12.1 Å². The third kappa shape index (κ3) is 4.85. The molecule has 0 unspecified atom stereocenters. The third-order valence-electron chi connectivity index (χ3n) is 4.62. The van der Waals surface area contributed by atoms with Gasteiger partial charge in [0.1, 0.15) is 0 Å². The summed E-state index contributed by atoms with van der Waals surface area (Å²) in [5.41, 5.74) is 3.39. The molecule has 0 atom stereocenters. The summed E-state index contributed by atoms with van der Waals surface area (Å²) in [4.78, 5) is 27.1. The predicted molar refractivity (Wildman–Crippen MR) is 110 cm³/mol. The van der Waals surface area contributed by atoms with Crippen molar-refractivity contribution in [3.05, 3.63) is 72.3 Å². The van der Waals surface area contributed by atoms with E-state index in [1.807, 2.05) is 30.3 Å². The molecule has 1 fully saturated rings. The van der Waals surface area contributed by atoms with E-state index in [2.05, 4.69) is 36.6 Å². The summed E-state index contributed by atoms with van der Waals surface area (Å²) in [6, 6.07) is 11.7. The molecule has 0 bridgehead atoms. The molecule has 4 rings (SSSR count). The van der Waals surface area contributed by atoms with Gasteiger partial charge in [-0.05, 0) is 29.8 Å². The van der Waals surface area contributed by atoms with Crippen molar-refractivity contribution in [2.45, 2.75) is 6.54 Å². The number of benzene rings is 1. The van der Waals surface area contributed by atoms with Crippen LogP contribution in [0.5, 0.6) is 0 Å². The lowest BCUT2D eigenvalue weighted by molar-refractivity contribution is 0.0950. The smallest absolute Gasteiger partial charge is 0.254 e. The van der Waals surface area contributed by atoms with Crippen LogP contribution in [-0.2, 0) is 11.3 Å². The van der Waals surface area contributed by atoms with Crippen LogP contribution in [0.1, 0.15) is 15.9 Å². The molecule has 8 heteroatoms. The van der Waals surface area contributed by atoms with Crippen LogP contribution in [0.3, 0.4) is 0 Å². The van der Waals surface area contributed by atoms with Gasteiger partial charge < -0.3 is 20.3 Å². The lowest BCUT2D eigenvalue weighted by atomic mass is 10.2. The first-order chi connectivity index (χ1) is 14.3. The van der Waals surface area contributed by atoms with E-state index < -0.39 is 0 Å². The fraction of sp³-hybridized carbons (Fsp3) is 0.238. The third-order valence-corrected chi connectivity index (χ3v) is 4.62. The van der Waals surface area contributed by atoms with Gasteiger partial charge in [0.15, 0.2) is 0 Å².